The lowest BCUT2D eigenvalue weighted by atomic mass is 10.3. The number of phenols is 1. The van der Waals surface area contributed by atoms with Gasteiger partial charge in [0.05, 0.1) is 7.11 Å². The molecular weight excluding hydrogens is 298 g/mol. The molecule has 6 heteroatoms. The van der Waals surface area contributed by atoms with Crippen LogP contribution in [0.1, 0.15) is 13.3 Å². The number of carbonyl (C=O) groups excluding carboxylic acids is 2. The van der Waals surface area contributed by atoms with E-state index in [4.69, 9.17) is 4.74 Å². The number of benzene rings is 1. The van der Waals surface area contributed by atoms with Crippen molar-refractivity contribution in [3.8, 4) is 11.5 Å². The molecule has 2 N–H and O–H groups in total. The molecular formula is C17H19NO5. The normalized spacial score (nSPS) is 11.6. The van der Waals surface area contributed by atoms with E-state index in [1.165, 1.54) is 25.3 Å². The molecule has 1 aromatic rings. The number of phenolic OH excluding ortho intramolecular Hbond substituents is 1. The first-order chi connectivity index (χ1) is 10.9. The smallest absolute Gasteiger partial charge is 0.315 e. The fraction of sp³-hybridized carbons (Fsp3) is 0.176. The van der Waals surface area contributed by atoms with Crippen LogP contribution in [0.5, 0.6) is 11.5 Å². The standard InChI is InChI=1S/C17H19NO5/c1-4-14(23-15-9-6-13(19)7-10-15)8-5-12(2)18-16(20)11-17(21)22-3/h4-10,19H,1,11H2,2-3H3,(H,18,20)/b12-5+,14-8+. The molecule has 0 radical (unpaired) electrons. The zero-order valence-electron chi connectivity index (χ0n) is 13.0. The lowest BCUT2D eigenvalue weighted by Crippen LogP contribution is -2.24. The molecule has 0 saturated heterocycles. The minimum atomic E-state index is -0.603. The highest BCUT2D eigenvalue weighted by molar-refractivity contribution is 5.94. The summed E-state index contributed by atoms with van der Waals surface area (Å²) >= 11 is 0. The molecule has 0 aliphatic rings. The summed E-state index contributed by atoms with van der Waals surface area (Å²) in [6, 6.07) is 6.23. The number of ether oxygens (including phenoxy) is 2. The van der Waals surface area contributed by atoms with Crippen LogP contribution in [-0.2, 0) is 14.3 Å². The number of esters is 1. The molecule has 0 bridgehead atoms. The topological polar surface area (TPSA) is 84.9 Å². The third kappa shape index (κ3) is 6.99. The number of nitrogens with one attached hydrogen (secondary N) is 1. The molecule has 0 atom stereocenters. The Bertz CT molecular complexity index is 629. The minimum Gasteiger partial charge on any atom is -0.508 e. The van der Waals surface area contributed by atoms with Crippen LogP contribution >= 0.6 is 0 Å². The number of rotatable bonds is 7. The Hall–Kier alpha value is -3.02. The zero-order chi connectivity index (χ0) is 17.2. The fourth-order valence-corrected chi connectivity index (χ4v) is 1.51. The third-order valence-corrected chi connectivity index (χ3v) is 2.64. The van der Waals surface area contributed by atoms with E-state index in [1.807, 2.05) is 0 Å². The molecule has 1 rings (SSSR count). The first kappa shape index (κ1) is 18.0. The molecule has 23 heavy (non-hydrogen) atoms. The summed E-state index contributed by atoms with van der Waals surface area (Å²) < 4.78 is 9.97. The van der Waals surface area contributed by atoms with Gasteiger partial charge < -0.3 is 19.9 Å². The molecule has 0 spiro atoms. The maximum atomic E-state index is 11.5. The lowest BCUT2D eigenvalue weighted by Gasteiger charge is -2.06. The first-order valence-electron chi connectivity index (χ1n) is 6.79. The SMILES string of the molecule is C=C/C(=C\C=C(/C)NC(=O)CC(=O)OC)Oc1ccc(O)cc1. The molecule has 6 nitrogen and oxygen atoms in total. The van der Waals surface area contributed by atoms with Crippen LogP contribution < -0.4 is 10.1 Å². The first-order valence-corrected chi connectivity index (χ1v) is 6.79. The summed E-state index contributed by atoms with van der Waals surface area (Å²) in [5.74, 6) is 0.0735. The van der Waals surface area contributed by atoms with E-state index in [1.54, 1.807) is 31.2 Å². The van der Waals surface area contributed by atoms with Crippen molar-refractivity contribution in [3.05, 3.63) is 60.5 Å². The van der Waals surface area contributed by atoms with Crippen LogP contribution in [0.25, 0.3) is 0 Å². The van der Waals surface area contributed by atoms with Crippen LogP contribution in [-0.4, -0.2) is 24.1 Å². The van der Waals surface area contributed by atoms with E-state index in [2.05, 4.69) is 16.6 Å². The molecule has 1 amide bonds. The van der Waals surface area contributed by atoms with Gasteiger partial charge in [0.15, 0.2) is 0 Å². The minimum absolute atomic E-state index is 0.144. The van der Waals surface area contributed by atoms with Crippen molar-refractivity contribution >= 4 is 11.9 Å². The molecule has 0 unspecified atom stereocenters. The van der Waals surface area contributed by atoms with Crippen molar-refractivity contribution in [3.63, 3.8) is 0 Å². The van der Waals surface area contributed by atoms with Crippen molar-refractivity contribution in [1.29, 1.82) is 0 Å². The molecule has 0 aromatic heterocycles. The highest BCUT2D eigenvalue weighted by atomic mass is 16.5. The molecule has 122 valence electrons. The van der Waals surface area contributed by atoms with Gasteiger partial charge >= 0.3 is 5.97 Å². The lowest BCUT2D eigenvalue weighted by molar-refractivity contribution is -0.143. The van der Waals surface area contributed by atoms with Crippen LogP contribution in [0.3, 0.4) is 0 Å². The number of hydrogen-bond donors (Lipinski definition) is 2. The largest absolute Gasteiger partial charge is 0.508 e. The summed E-state index contributed by atoms with van der Waals surface area (Å²) in [5.41, 5.74) is 0.535. The Kier molecular flexibility index (Phi) is 7.13. The Morgan fingerprint density at radius 3 is 2.48 bits per heavy atom. The number of hydrogen-bond acceptors (Lipinski definition) is 5. The second kappa shape index (κ2) is 9.09. The predicted molar refractivity (Wildman–Crippen MR) is 85.5 cm³/mol. The van der Waals surface area contributed by atoms with Gasteiger partial charge in [-0.05, 0) is 49.4 Å². The average Bonchev–Trinajstić information content (AvgIpc) is 2.52. The van der Waals surface area contributed by atoms with Gasteiger partial charge in [-0.1, -0.05) is 6.58 Å². The molecule has 0 heterocycles. The second-order valence-corrected chi connectivity index (χ2v) is 4.52. The van der Waals surface area contributed by atoms with Gasteiger partial charge in [0.2, 0.25) is 5.91 Å². The monoisotopic (exact) mass is 317 g/mol. The van der Waals surface area contributed by atoms with Crippen LogP contribution in [0, 0.1) is 0 Å². The van der Waals surface area contributed by atoms with Gasteiger partial charge in [-0.25, -0.2) is 0 Å². The summed E-state index contributed by atoms with van der Waals surface area (Å²) in [4.78, 5) is 22.5. The maximum absolute atomic E-state index is 11.5. The highest BCUT2D eigenvalue weighted by Crippen LogP contribution is 2.18. The van der Waals surface area contributed by atoms with Crippen LogP contribution in [0.15, 0.2) is 60.5 Å². The third-order valence-electron chi connectivity index (χ3n) is 2.64. The van der Waals surface area contributed by atoms with E-state index < -0.39 is 11.9 Å². The van der Waals surface area contributed by atoms with Crippen molar-refractivity contribution < 1.29 is 24.2 Å². The summed E-state index contributed by atoms with van der Waals surface area (Å²) in [7, 11) is 1.22. The van der Waals surface area contributed by atoms with Crippen LogP contribution in [0.4, 0.5) is 0 Å². The average molecular weight is 317 g/mol. The number of aromatic hydroxyl groups is 1. The molecule has 0 aliphatic carbocycles. The fourth-order valence-electron chi connectivity index (χ4n) is 1.51. The number of amides is 1. The van der Waals surface area contributed by atoms with Gasteiger partial charge in [0.25, 0.3) is 0 Å². The van der Waals surface area contributed by atoms with Gasteiger partial charge in [-0.15, -0.1) is 0 Å². The molecule has 0 fully saturated rings. The van der Waals surface area contributed by atoms with E-state index in [9.17, 15) is 14.7 Å². The number of methoxy groups -OCH3 is 1. The van der Waals surface area contributed by atoms with Gasteiger partial charge in [0, 0.05) is 5.70 Å². The number of carbonyl (C=O) groups is 2. The summed E-state index contributed by atoms with van der Waals surface area (Å²) in [5, 5.41) is 11.8. The van der Waals surface area contributed by atoms with Gasteiger partial charge in [0.1, 0.15) is 23.7 Å². The highest BCUT2D eigenvalue weighted by Gasteiger charge is 2.08. The van der Waals surface area contributed by atoms with Crippen molar-refractivity contribution in [2.24, 2.45) is 0 Å². The summed E-state index contributed by atoms with van der Waals surface area (Å²) in [6.07, 6.45) is 4.40. The second-order valence-electron chi connectivity index (χ2n) is 4.52. The van der Waals surface area contributed by atoms with Crippen molar-refractivity contribution in [2.75, 3.05) is 7.11 Å². The van der Waals surface area contributed by atoms with Crippen LogP contribution in [0.2, 0.25) is 0 Å². The number of allylic oxidation sites excluding steroid dienone is 4. The van der Waals surface area contributed by atoms with Gasteiger partial charge in [-0.2, -0.15) is 0 Å². The molecule has 1 aromatic carbocycles. The van der Waals surface area contributed by atoms with Crippen molar-refractivity contribution in [2.45, 2.75) is 13.3 Å². The molecule has 0 aliphatic heterocycles. The summed E-state index contributed by atoms with van der Waals surface area (Å²) in [6.45, 7) is 5.32. The molecule has 0 saturated carbocycles. The Morgan fingerprint density at radius 1 is 1.26 bits per heavy atom. The zero-order valence-corrected chi connectivity index (χ0v) is 13.0. The maximum Gasteiger partial charge on any atom is 0.315 e. The van der Waals surface area contributed by atoms with E-state index in [0.717, 1.165) is 0 Å². The predicted octanol–water partition coefficient (Wildman–Crippen LogP) is 2.42. The van der Waals surface area contributed by atoms with Gasteiger partial charge in [-0.3, -0.25) is 9.59 Å². The Balaban J connectivity index is 2.66. The van der Waals surface area contributed by atoms with E-state index in [0.29, 0.717) is 17.2 Å². The van der Waals surface area contributed by atoms with E-state index in [-0.39, 0.29) is 12.2 Å². The Labute approximate surface area is 134 Å². The van der Waals surface area contributed by atoms with E-state index >= 15 is 0 Å². The van der Waals surface area contributed by atoms with Crippen molar-refractivity contribution in [1.82, 2.24) is 5.32 Å². The Morgan fingerprint density at radius 2 is 1.91 bits per heavy atom. The quantitative estimate of drug-likeness (QED) is 0.349.